The van der Waals surface area contributed by atoms with Gasteiger partial charge in [0.2, 0.25) is 0 Å². The zero-order valence-corrected chi connectivity index (χ0v) is 12.9. The molecule has 0 fully saturated rings. The van der Waals surface area contributed by atoms with E-state index in [0.29, 0.717) is 30.6 Å². The molecule has 2 rings (SSSR count). The monoisotopic (exact) mass is 314 g/mol. The lowest BCUT2D eigenvalue weighted by atomic mass is 9.99. The minimum atomic E-state index is -0.441. The van der Waals surface area contributed by atoms with Crippen molar-refractivity contribution in [2.24, 2.45) is 0 Å². The van der Waals surface area contributed by atoms with Crippen LogP contribution in [0.25, 0.3) is 0 Å². The molecule has 1 aromatic carbocycles. The number of fused-ring (bicyclic) bond motifs is 1. The van der Waals surface area contributed by atoms with Crippen LogP contribution in [0.1, 0.15) is 24.0 Å². The number of urea groups is 1. The van der Waals surface area contributed by atoms with Crippen molar-refractivity contribution in [1.29, 1.82) is 0 Å². The van der Waals surface area contributed by atoms with Gasteiger partial charge in [-0.15, -0.1) is 0 Å². The van der Waals surface area contributed by atoms with Gasteiger partial charge in [-0.1, -0.05) is 0 Å². The Hall–Kier alpha value is -1.30. The predicted molar refractivity (Wildman–Crippen MR) is 81.5 cm³/mol. The van der Waals surface area contributed by atoms with Crippen molar-refractivity contribution in [1.82, 2.24) is 10.2 Å². The highest BCUT2D eigenvalue weighted by Gasteiger charge is 2.25. The first-order valence-corrected chi connectivity index (χ1v) is 8.50. The third-order valence-corrected chi connectivity index (χ3v) is 4.33. The van der Waals surface area contributed by atoms with Crippen molar-refractivity contribution in [3.63, 3.8) is 0 Å². The number of carbonyl (C=O) groups excluding carboxylic acids is 1. The summed E-state index contributed by atoms with van der Waals surface area (Å²) in [5.41, 5.74) is 0.706. The van der Waals surface area contributed by atoms with Crippen LogP contribution in [-0.2, 0) is 13.0 Å². The fourth-order valence-electron chi connectivity index (χ4n) is 2.45. The van der Waals surface area contributed by atoms with E-state index in [1.165, 1.54) is 0 Å². The van der Waals surface area contributed by atoms with Gasteiger partial charge in [0, 0.05) is 18.7 Å². The first-order chi connectivity index (χ1) is 10.1. The minimum absolute atomic E-state index is 0.134. The zero-order valence-electron chi connectivity index (χ0n) is 12.1. The van der Waals surface area contributed by atoms with Crippen molar-refractivity contribution in [2.75, 3.05) is 25.1 Å². The van der Waals surface area contributed by atoms with E-state index in [9.17, 15) is 13.6 Å². The number of carbonyl (C=O) groups is 1. The van der Waals surface area contributed by atoms with Crippen molar-refractivity contribution in [3.05, 3.63) is 34.9 Å². The first-order valence-electron chi connectivity index (χ1n) is 7.11. The predicted octanol–water partition coefficient (Wildman–Crippen LogP) is 3.18. The topological polar surface area (TPSA) is 32.3 Å². The van der Waals surface area contributed by atoms with Gasteiger partial charge in [-0.25, -0.2) is 13.6 Å². The van der Waals surface area contributed by atoms with Crippen LogP contribution in [0.3, 0.4) is 0 Å². The lowest BCUT2D eigenvalue weighted by Crippen LogP contribution is -2.43. The van der Waals surface area contributed by atoms with Crippen LogP contribution in [0, 0.1) is 11.6 Å². The summed E-state index contributed by atoms with van der Waals surface area (Å²) in [6, 6.07) is 2.07. The number of thioether (sulfide) groups is 1. The molecule has 0 aromatic heterocycles. The van der Waals surface area contributed by atoms with Gasteiger partial charge in [-0.05, 0) is 49.0 Å². The number of unbranched alkanes of at least 4 members (excludes halogenated alkanes) is 1. The van der Waals surface area contributed by atoms with Crippen LogP contribution < -0.4 is 5.32 Å². The zero-order chi connectivity index (χ0) is 15.2. The maximum absolute atomic E-state index is 13.8. The Labute approximate surface area is 128 Å². The second kappa shape index (κ2) is 7.64. The molecule has 0 aliphatic carbocycles. The quantitative estimate of drug-likeness (QED) is 0.847. The molecule has 3 nitrogen and oxygen atoms in total. The summed E-state index contributed by atoms with van der Waals surface area (Å²) in [5, 5.41) is 2.84. The van der Waals surface area contributed by atoms with E-state index in [1.807, 2.05) is 0 Å². The molecule has 0 spiro atoms. The molecule has 21 heavy (non-hydrogen) atoms. The Morgan fingerprint density at radius 2 is 2.00 bits per heavy atom. The molecular formula is C15H20F2N2OS. The molecule has 0 radical (unpaired) electrons. The number of amides is 2. The summed E-state index contributed by atoms with van der Waals surface area (Å²) in [6.45, 7) is 1.17. The number of hydrogen-bond acceptors (Lipinski definition) is 2. The van der Waals surface area contributed by atoms with Gasteiger partial charge in [0.25, 0.3) is 0 Å². The van der Waals surface area contributed by atoms with Gasteiger partial charge in [0.15, 0.2) is 0 Å². The summed E-state index contributed by atoms with van der Waals surface area (Å²) in [6.07, 6.45) is 4.40. The Balaban J connectivity index is 1.89. The molecule has 6 heteroatoms. The number of rotatable bonds is 5. The van der Waals surface area contributed by atoms with E-state index in [-0.39, 0.29) is 18.4 Å². The van der Waals surface area contributed by atoms with Gasteiger partial charge in [-0.3, -0.25) is 0 Å². The molecule has 1 heterocycles. The molecule has 0 bridgehead atoms. The normalized spacial score (nSPS) is 14.0. The molecule has 1 aromatic rings. The maximum Gasteiger partial charge on any atom is 0.317 e. The fraction of sp³-hybridized carbons (Fsp3) is 0.533. The van der Waals surface area contributed by atoms with E-state index < -0.39 is 5.82 Å². The Morgan fingerprint density at radius 3 is 2.71 bits per heavy atom. The summed E-state index contributed by atoms with van der Waals surface area (Å²) >= 11 is 1.78. The van der Waals surface area contributed by atoms with Crippen LogP contribution in [0.2, 0.25) is 0 Å². The van der Waals surface area contributed by atoms with Crippen molar-refractivity contribution in [3.8, 4) is 0 Å². The molecule has 2 amide bonds. The van der Waals surface area contributed by atoms with Crippen LogP contribution in [0.5, 0.6) is 0 Å². The number of nitrogens with one attached hydrogen (secondary N) is 1. The SMILES string of the molecule is CSCCCCNC(=O)N1CCc2c(F)ccc(F)c2C1. The largest absolute Gasteiger partial charge is 0.338 e. The maximum atomic E-state index is 13.8. The number of benzene rings is 1. The lowest BCUT2D eigenvalue weighted by Gasteiger charge is -2.29. The Kier molecular flexibility index (Phi) is 5.85. The first kappa shape index (κ1) is 16.1. The number of halogens is 2. The molecule has 1 aliphatic heterocycles. The standard InChI is InChI=1S/C15H20F2N2OS/c1-21-9-3-2-7-18-15(20)19-8-6-11-12(10-19)14(17)5-4-13(11)16/h4-5H,2-3,6-10H2,1H3,(H,18,20). The highest BCUT2D eigenvalue weighted by atomic mass is 32.2. The van der Waals surface area contributed by atoms with Gasteiger partial charge < -0.3 is 10.2 Å². The number of hydrogen-bond donors (Lipinski definition) is 1. The van der Waals surface area contributed by atoms with Crippen LogP contribution in [-0.4, -0.2) is 36.0 Å². The van der Waals surface area contributed by atoms with E-state index in [2.05, 4.69) is 11.6 Å². The van der Waals surface area contributed by atoms with Crippen LogP contribution in [0.15, 0.2) is 12.1 Å². The highest BCUT2D eigenvalue weighted by molar-refractivity contribution is 7.98. The molecule has 116 valence electrons. The Bertz CT molecular complexity index is 511. The third kappa shape index (κ3) is 4.09. The van der Waals surface area contributed by atoms with E-state index in [0.717, 1.165) is 30.7 Å². The van der Waals surface area contributed by atoms with Crippen molar-refractivity contribution < 1.29 is 13.6 Å². The number of nitrogens with zero attached hydrogens (tertiary/aromatic N) is 1. The van der Waals surface area contributed by atoms with E-state index >= 15 is 0 Å². The van der Waals surface area contributed by atoms with Gasteiger partial charge in [0.05, 0.1) is 6.54 Å². The van der Waals surface area contributed by atoms with Crippen molar-refractivity contribution >= 4 is 17.8 Å². The third-order valence-electron chi connectivity index (χ3n) is 3.64. The summed E-state index contributed by atoms with van der Waals surface area (Å²) in [7, 11) is 0. The molecule has 0 saturated carbocycles. The van der Waals surface area contributed by atoms with Crippen LogP contribution in [0.4, 0.5) is 13.6 Å². The second-order valence-electron chi connectivity index (χ2n) is 5.09. The van der Waals surface area contributed by atoms with E-state index in [4.69, 9.17) is 0 Å². The lowest BCUT2D eigenvalue weighted by molar-refractivity contribution is 0.190. The van der Waals surface area contributed by atoms with Gasteiger partial charge >= 0.3 is 6.03 Å². The minimum Gasteiger partial charge on any atom is -0.338 e. The molecule has 0 unspecified atom stereocenters. The average Bonchev–Trinajstić information content (AvgIpc) is 2.50. The molecule has 0 atom stereocenters. The van der Waals surface area contributed by atoms with E-state index in [1.54, 1.807) is 16.7 Å². The molecule has 1 aliphatic rings. The van der Waals surface area contributed by atoms with Gasteiger partial charge in [-0.2, -0.15) is 11.8 Å². The summed E-state index contributed by atoms with van der Waals surface area (Å²) < 4.78 is 27.4. The second-order valence-corrected chi connectivity index (χ2v) is 6.08. The average molecular weight is 314 g/mol. The summed E-state index contributed by atoms with van der Waals surface area (Å²) in [5.74, 6) is 0.254. The highest BCUT2D eigenvalue weighted by Crippen LogP contribution is 2.24. The smallest absolute Gasteiger partial charge is 0.317 e. The molecule has 0 saturated heterocycles. The molecule has 1 N–H and O–H groups in total. The van der Waals surface area contributed by atoms with Crippen molar-refractivity contribution in [2.45, 2.75) is 25.8 Å². The van der Waals surface area contributed by atoms with Crippen LogP contribution >= 0.6 is 11.8 Å². The van der Waals surface area contributed by atoms with Gasteiger partial charge in [0.1, 0.15) is 11.6 Å². The summed E-state index contributed by atoms with van der Waals surface area (Å²) in [4.78, 5) is 13.6. The molecular weight excluding hydrogens is 294 g/mol. The fourth-order valence-corrected chi connectivity index (χ4v) is 2.94. The Morgan fingerprint density at radius 1 is 1.29 bits per heavy atom.